The first kappa shape index (κ1) is 10.3. The maximum Gasteiger partial charge on any atom is 0.169 e. The Balaban J connectivity index is 2.15. The van der Waals surface area contributed by atoms with Gasteiger partial charge in [-0.1, -0.05) is 11.6 Å². The summed E-state index contributed by atoms with van der Waals surface area (Å²) >= 11 is 7.16. The fourth-order valence-electron chi connectivity index (χ4n) is 1.16. The predicted molar refractivity (Wildman–Crippen MR) is 59.4 cm³/mol. The van der Waals surface area contributed by atoms with E-state index in [0.717, 1.165) is 5.01 Å². The zero-order chi connectivity index (χ0) is 10.7. The smallest absolute Gasteiger partial charge is 0.169 e. The third kappa shape index (κ3) is 2.61. The van der Waals surface area contributed by atoms with Crippen LogP contribution in [-0.4, -0.2) is 15.8 Å². The molecule has 3 nitrogen and oxygen atoms in total. The fourth-order valence-corrected chi connectivity index (χ4v) is 1.94. The van der Waals surface area contributed by atoms with Crippen molar-refractivity contribution in [3.8, 4) is 0 Å². The highest BCUT2D eigenvalue weighted by Crippen LogP contribution is 2.12. The van der Waals surface area contributed by atoms with Crippen LogP contribution >= 0.6 is 22.9 Å². The summed E-state index contributed by atoms with van der Waals surface area (Å²) in [5.74, 6) is 0.00856. The zero-order valence-electron chi connectivity index (χ0n) is 7.68. The molecule has 2 aromatic heterocycles. The molecule has 0 aliphatic carbocycles. The predicted octanol–water partition coefficient (Wildman–Crippen LogP) is 2.62. The highest BCUT2D eigenvalue weighted by atomic mass is 35.5. The minimum Gasteiger partial charge on any atom is -0.294 e. The number of thiazole rings is 1. The molecular weight excluding hydrogens is 232 g/mol. The topological polar surface area (TPSA) is 42.9 Å². The standard InChI is InChI=1S/C10H7ClN2OS/c11-9-5-7(1-2-12-9)8(14)6-10-13-3-4-15-10/h1-5H,6H2. The van der Waals surface area contributed by atoms with Crippen LogP contribution < -0.4 is 0 Å². The van der Waals surface area contributed by atoms with Crippen molar-refractivity contribution in [2.45, 2.75) is 6.42 Å². The molecule has 2 heterocycles. The van der Waals surface area contributed by atoms with E-state index in [0.29, 0.717) is 17.1 Å². The molecule has 76 valence electrons. The summed E-state index contributed by atoms with van der Waals surface area (Å²) in [5, 5.41) is 3.00. The second-order valence-electron chi connectivity index (χ2n) is 2.89. The van der Waals surface area contributed by atoms with Gasteiger partial charge in [0.1, 0.15) is 10.2 Å². The minimum absolute atomic E-state index is 0.00856. The first-order valence-corrected chi connectivity index (χ1v) is 5.54. The van der Waals surface area contributed by atoms with E-state index in [1.165, 1.54) is 17.5 Å². The van der Waals surface area contributed by atoms with Crippen LogP contribution in [-0.2, 0) is 6.42 Å². The third-order valence-electron chi connectivity index (χ3n) is 1.84. The van der Waals surface area contributed by atoms with Crippen molar-refractivity contribution in [3.05, 3.63) is 45.6 Å². The Hall–Kier alpha value is -1.26. The molecule has 0 unspecified atom stereocenters. The van der Waals surface area contributed by atoms with E-state index in [9.17, 15) is 4.79 Å². The Morgan fingerprint density at radius 3 is 2.93 bits per heavy atom. The van der Waals surface area contributed by atoms with Gasteiger partial charge in [-0.05, 0) is 12.1 Å². The molecule has 0 aromatic carbocycles. The van der Waals surface area contributed by atoms with Gasteiger partial charge in [-0.25, -0.2) is 9.97 Å². The fraction of sp³-hybridized carbons (Fsp3) is 0.100. The van der Waals surface area contributed by atoms with E-state index in [4.69, 9.17) is 11.6 Å². The summed E-state index contributed by atoms with van der Waals surface area (Å²) in [5.41, 5.74) is 0.574. The van der Waals surface area contributed by atoms with E-state index >= 15 is 0 Å². The van der Waals surface area contributed by atoms with Gasteiger partial charge in [0.2, 0.25) is 0 Å². The van der Waals surface area contributed by atoms with Gasteiger partial charge in [0.05, 0.1) is 6.42 Å². The summed E-state index contributed by atoms with van der Waals surface area (Å²) in [6.45, 7) is 0. The molecule has 0 saturated carbocycles. The van der Waals surface area contributed by atoms with Crippen molar-refractivity contribution < 1.29 is 4.79 Å². The van der Waals surface area contributed by atoms with Gasteiger partial charge in [0, 0.05) is 23.3 Å². The monoisotopic (exact) mass is 238 g/mol. The Labute approximate surface area is 95.8 Å². The Kier molecular flexibility index (Phi) is 3.08. The average Bonchev–Trinajstić information content (AvgIpc) is 2.70. The summed E-state index contributed by atoms with van der Waals surface area (Å²) in [6.07, 6.45) is 3.53. The van der Waals surface area contributed by atoms with Crippen LogP contribution in [0.4, 0.5) is 0 Å². The number of pyridine rings is 1. The second kappa shape index (κ2) is 4.51. The van der Waals surface area contributed by atoms with E-state index in [2.05, 4.69) is 9.97 Å². The van der Waals surface area contributed by atoms with Crippen LogP contribution in [0.15, 0.2) is 29.9 Å². The van der Waals surface area contributed by atoms with Crippen LogP contribution in [0.3, 0.4) is 0 Å². The lowest BCUT2D eigenvalue weighted by atomic mass is 10.1. The number of halogens is 1. The lowest BCUT2D eigenvalue weighted by molar-refractivity contribution is 0.0993. The quantitative estimate of drug-likeness (QED) is 0.610. The van der Waals surface area contributed by atoms with Gasteiger partial charge in [0.15, 0.2) is 5.78 Å². The molecular formula is C10H7ClN2OS. The largest absolute Gasteiger partial charge is 0.294 e. The molecule has 0 N–H and O–H groups in total. The maximum atomic E-state index is 11.7. The molecule has 0 bridgehead atoms. The van der Waals surface area contributed by atoms with Gasteiger partial charge in [-0.3, -0.25) is 4.79 Å². The third-order valence-corrected chi connectivity index (χ3v) is 2.83. The average molecular weight is 239 g/mol. The Morgan fingerprint density at radius 2 is 2.27 bits per heavy atom. The van der Waals surface area contributed by atoms with Gasteiger partial charge < -0.3 is 0 Å². The van der Waals surface area contributed by atoms with E-state index < -0.39 is 0 Å². The van der Waals surface area contributed by atoms with Crippen molar-refractivity contribution in [3.63, 3.8) is 0 Å². The number of rotatable bonds is 3. The lowest BCUT2D eigenvalue weighted by Crippen LogP contribution is -2.03. The summed E-state index contributed by atoms with van der Waals surface area (Å²) in [4.78, 5) is 19.6. The van der Waals surface area contributed by atoms with Crippen molar-refractivity contribution in [2.24, 2.45) is 0 Å². The van der Waals surface area contributed by atoms with Crippen LogP contribution in [0, 0.1) is 0 Å². The SMILES string of the molecule is O=C(Cc1nccs1)c1ccnc(Cl)c1. The summed E-state index contributed by atoms with van der Waals surface area (Å²) < 4.78 is 0. The molecule has 0 radical (unpaired) electrons. The van der Waals surface area contributed by atoms with Gasteiger partial charge in [-0.15, -0.1) is 11.3 Å². The summed E-state index contributed by atoms with van der Waals surface area (Å²) in [7, 11) is 0. The molecule has 0 aliphatic rings. The number of Topliss-reactive ketones (excluding diaryl/α,β-unsaturated/α-hetero) is 1. The highest BCUT2D eigenvalue weighted by molar-refractivity contribution is 7.09. The Morgan fingerprint density at radius 1 is 1.40 bits per heavy atom. The van der Waals surface area contributed by atoms with E-state index in [-0.39, 0.29) is 5.78 Å². The number of ketones is 1. The first-order valence-electron chi connectivity index (χ1n) is 4.29. The molecule has 0 atom stereocenters. The number of carbonyl (C=O) groups excluding carboxylic acids is 1. The van der Waals surface area contributed by atoms with E-state index in [1.54, 1.807) is 18.3 Å². The molecule has 0 saturated heterocycles. The van der Waals surface area contributed by atoms with Crippen LogP contribution in [0.5, 0.6) is 0 Å². The second-order valence-corrected chi connectivity index (χ2v) is 4.26. The number of hydrogen-bond acceptors (Lipinski definition) is 4. The lowest BCUT2D eigenvalue weighted by Gasteiger charge is -1.98. The molecule has 0 amide bonds. The normalized spacial score (nSPS) is 10.2. The van der Waals surface area contributed by atoms with Gasteiger partial charge >= 0.3 is 0 Å². The highest BCUT2D eigenvalue weighted by Gasteiger charge is 2.09. The van der Waals surface area contributed by atoms with Crippen molar-refractivity contribution >= 4 is 28.7 Å². The zero-order valence-corrected chi connectivity index (χ0v) is 9.26. The molecule has 2 rings (SSSR count). The first-order chi connectivity index (χ1) is 7.25. The number of nitrogens with zero attached hydrogens (tertiary/aromatic N) is 2. The van der Waals surface area contributed by atoms with Crippen LogP contribution in [0.25, 0.3) is 0 Å². The maximum absolute atomic E-state index is 11.7. The summed E-state index contributed by atoms with van der Waals surface area (Å²) in [6, 6.07) is 3.22. The van der Waals surface area contributed by atoms with Crippen molar-refractivity contribution in [2.75, 3.05) is 0 Å². The van der Waals surface area contributed by atoms with Gasteiger partial charge in [0.25, 0.3) is 0 Å². The molecule has 0 spiro atoms. The van der Waals surface area contributed by atoms with Crippen LogP contribution in [0.2, 0.25) is 5.15 Å². The molecule has 5 heteroatoms. The molecule has 15 heavy (non-hydrogen) atoms. The number of carbonyl (C=O) groups is 1. The molecule has 0 aliphatic heterocycles. The molecule has 0 fully saturated rings. The van der Waals surface area contributed by atoms with Crippen molar-refractivity contribution in [1.29, 1.82) is 0 Å². The van der Waals surface area contributed by atoms with Crippen molar-refractivity contribution in [1.82, 2.24) is 9.97 Å². The number of aromatic nitrogens is 2. The number of hydrogen-bond donors (Lipinski definition) is 0. The van der Waals surface area contributed by atoms with Gasteiger partial charge in [-0.2, -0.15) is 0 Å². The molecule has 2 aromatic rings. The van der Waals surface area contributed by atoms with Crippen LogP contribution in [0.1, 0.15) is 15.4 Å². The minimum atomic E-state index is 0.00856. The Bertz CT molecular complexity index is 470. The van der Waals surface area contributed by atoms with E-state index in [1.807, 2.05) is 5.38 Å².